The van der Waals surface area contributed by atoms with Gasteiger partial charge >= 0.3 is 0 Å². The molecule has 0 radical (unpaired) electrons. The Morgan fingerprint density at radius 1 is 0.900 bits per heavy atom. The topological polar surface area (TPSA) is 49.4 Å². The van der Waals surface area contributed by atoms with Crippen molar-refractivity contribution in [2.24, 2.45) is 5.92 Å². The minimum absolute atomic E-state index is 0.0140. The minimum Gasteiger partial charge on any atom is -0.354 e. The lowest BCUT2D eigenvalue weighted by molar-refractivity contribution is -0.138. The van der Waals surface area contributed by atoms with Crippen LogP contribution in [0.3, 0.4) is 0 Å². The molecule has 5 heteroatoms. The fraction of sp³-hybridized carbons (Fsp3) is 0.440. The largest absolute Gasteiger partial charge is 0.354 e. The number of nitrogens with zero attached hydrogens (tertiary/aromatic N) is 1. The lowest BCUT2D eigenvalue weighted by Gasteiger charge is -2.29. The average molecular weight is 427 g/mol. The summed E-state index contributed by atoms with van der Waals surface area (Å²) >= 11 is 1.59. The third-order valence-corrected chi connectivity index (χ3v) is 5.93. The van der Waals surface area contributed by atoms with Crippen LogP contribution >= 0.6 is 11.8 Å². The molecule has 1 unspecified atom stereocenters. The molecule has 0 fully saturated rings. The molecule has 162 valence electrons. The predicted molar refractivity (Wildman–Crippen MR) is 126 cm³/mol. The second kappa shape index (κ2) is 11.8. The van der Waals surface area contributed by atoms with E-state index in [1.165, 1.54) is 16.7 Å². The third kappa shape index (κ3) is 7.86. The maximum atomic E-state index is 13.1. The van der Waals surface area contributed by atoms with Crippen LogP contribution < -0.4 is 5.32 Å². The van der Waals surface area contributed by atoms with Crippen molar-refractivity contribution in [2.45, 2.75) is 53.0 Å². The van der Waals surface area contributed by atoms with E-state index in [1.807, 2.05) is 38.1 Å². The Kier molecular flexibility index (Phi) is 9.44. The number of hydrogen-bond acceptors (Lipinski definition) is 3. The first kappa shape index (κ1) is 24.0. The van der Waals surface area contributed by atoms with E-state index in [9.17, 15) is 9.59 Å². The van der Waals surface area contributed by atoms with Gasteiger partial charge in [0.25, 0.3) is 0 Å². The van der Waals surface area contributed by atoms with Crippen molar-refractivity contribution in [3.8, 4) is 0 Å². The van der Waals surface area contributed by atoms with Crippen molar-refractivity contribution >= 4 is 23.6 Å². The smallest absolute Gasteiger partial charge is 0.242 e. The molecule has 2 amide bonds. The molecule has 0 saturated heterocycles. The van der Waals surface area contributed by atoms with Gasteiger partial charge in [0.2, 0.25) is 11.8 Å². The fourth-order valence-electron chi connectivity index (χ4n) is 2.95. The summed E-state index contributed by atoms with van der Waals surface area (Å²) in [6.07, 6.45) is 0. The van der Waals surface area contributed by atoms with Gasteiger partial charge in [0.15, 0.2) is 0 Å². The van der Waals surface area contributed by atoms with E-state index in [0.29, 0.717) is 24.8 Å². The minimum atomic E-state index is -0.516. The van der Waals surface area contributed by atoms with E-state index in [0.717, 1.165) is 11.3 Å². The number of nitrogens with one attached hydrogen (secondary N) is 1. The van der Waals surface area contributed by atoms with Crippen LogP contribution in [0.25, 0.3) is 0 Å². The number of benzene rings is 2. The van der Waals surface area contributed by atoms with Crippen LogP contribution in [0.5, 0.6) is 0 Å². The Morgan fingerprint density at radius 3 is 1.97 bits per heavy atom. The van der Waals surface area contributed by atoms with Gasteiger partial charge in [-0.25, -0.2) is 0 Å². The van der Waals surface area contributed by atoms with Gasteiger partial charge in [-0.05, 0) is 37.8 Å². The predicted octanol–water partition coefficient (Wildman–Crippen LogP) is 4.73. The summed E-state index contributed by atoms with van der Waals surface area (Å²) in [5.41, 5.74) is 4.63. The number of aryl methyl sites for hydroxylation is 2. The molecule has 0 aliphatic carbocycles. The Hall–Kier alpha value is -2.27. The lowest BCUT2D eigenvalue weighted by Crippen LogP contribution is -2.48. The second-order valence-corrected chi connectivity index (χ2v) is 9.29. The molecule has 4 nitrogen and oxygen atoms in total. The van der Waals surface area contributed by atoms with Crippen molar-refractivity contribution in [3.63, 3.8) is 0 Å². The van der Waals surface area contributed by atoms with E-state index in [4.69, 9.17) is 0 Å². The summed E-state index contributed by atoms with van der Waals surface area (Å²) in [6.45, 7) is 11.1. The molecule has 0 heterocycles. The maximum absolute atomic E-state index is 13.1. The zero-order valence-electron chi connectivity index (χ0n) is 18.8. The number of carbonyl (C=O) groups is 2. The van der Waals surface area contributed by atoms with Gasteiger partial charge in [-0.3, -0.25) is 9.59 Å². The van der Waals surface area contributed by atoms with Crippen LogP contribution in [0, 0.1) is 19.8 Å². The highest BCUT2D eigenvalue weighted by Crippen LogP contribution is 2.17. The molecule has 0 aromatic heterocycles. The summed E-state index contributed by atoms with van der Waals surface area (Å²) in [5, 5.41) is 2.96. The molecule has 0 aliphatic heterocycles. The molecule has 0 saturated carbocycles. The van der Waals surface area contributed by atoms with Crippen LogP contribution in [0.4, 0.5) is 0 Å². The van der Waals surface area contributed by atoms with E-state index >= 15 is 0 Å². The molecular formula is C25H34N2O2S. The Morgan fingerprint density at radius 2 is 1.43 bits per heavy atom. The van der Waals surface area contributed by atoms with E-state index < -0.39 is 6.04 Å². The average Bonchev–Trinajstić information content (AvgIpc) is 2.72. The molecule has 0 aliphatic rings. The van der Waals surface area contributed by atoms with Gasteiger partial charge in [-0.15, -0.1) is 11.8 Å². The zero-order chi connectivity index (χ0) is 22.1. The Balaban J connectivity index is 2.04. The summed E-state index contributed by atoms with van der Waals surface area (Å²) in [7, 11) is 0. The number of carbonyl (C=O) groups excluding carboxylic acids is 2. The van der Waals surface area contributed by atoms with E-state index in [-0.39, 0.29) is 11.8 Å². The fourth-order valence-corrected chi connectivity index (χ4v) is 3.82. The van der Waals surface area contributed by atoms with Crippen molar-refractivity contribution < 1.29 is 9.59 Å². The molecule has 0 bridgehead atoms. The highest BCUT2D eigenvalue weighted by molar-refractivity contribution is 7.99. The van der Waals surface area contributed by atoms with Crippen LogP contribution in [0.2, 0.25) is 0 Å². The van der Waals surface area contributed by atoms with Crippen LogP contribution in [0.15, 0.2) is 48.5 Å². The molecule has 2 rings (SSSR count). The van der Waals surface area contributed by atoms with Gasteiger partial charge in [0.05, 0.1) is 5.75 Å². The molecule has 0 spiro atoms. The van der Waals surface area contributed by atoms with Gasteiger partial charge in [0, 0.05) is 18.8 Å². The van der Waals surface area contributed by atoms with Crippen molar-refractivity contribution in [1.29, 1.82) is 0 Å². The summed E-state index contributed by atoms with van der Waals surface area (Å²) in [5.74, 6) is 1.37. The molecular weight excluding hydrogens is 392 g/mol. The molecule has 1 atom stereocenters. The summed E-state index contributed by atoms with van der Waals surface area (Å²) in [4.78, 5) is 27.4. The number of hydrogen-bond donors (Lipinski definition) is 1. The second-order valence-electron chi connectivity index (χ2n) is 8.30. The van der Waals surface area contributed by atoms with E-state index in [2.05, 4.69) is 50.4 Å². The monoisotopic (exact) mass is 426 g/mol. The van der Waals surface area contributed by atoms with Gasteiger partial charge in [0.1, 0.15) is 6.04 Å². The van der Waals surface area contributed by atoms with Crippen molar-refractivity contribution in [1.82, 2.24) is 10.2 Å². The summed E-state index contributed by atoms with van der Waals surface area (Å²) in [6, 6.07) is 16.0. The number of thioether (sulfide) groups is 1. The first-order valence-corrected chi connectivity index (χ1v) is 11.7. The van der Waals surface area contributed by atoms with Gasteiger partial charge in [-0.2, -0.15) is 0 Å². The zero-order valence-corrected chi connectivity index (χ0v) is 19.6. The molecule has 1 N–H and O–H groups in total. The Labute approximate surface area is 185 Å². The molecule has 2 aromatic carbocycles. The maximum Gasteiger partial charge on any atom is 0.242 e. The van der Waals surface area contributed by atoms with Crippen LogP contribution in [0.1, 0.15) is 43.0 Å². The van der Waals surface area contributed by atoms with Crippen LogP contribution in [-0.4, -0.2) is 35.1 Å². The lowest BCUT2D eigenvalue weighted by atomic mass is 10.1. The van der Waals surface area contributed by atoms with Gasteiger partial charge in [-0.1, -0.05) is 73.5 Å². The highest BCUT2D eigenvalue weighted by atomic mass is 32.2. The number of amides is 2. The standard InChI is InChI=1S/C25H34N2O2S/c1-18(2)14-26-25(29)21(5)27(15-22-10-6-19(3)7-11-22)24(28)17-30-16-23-12-8-20(4)9-13-23/h6-13,18,21H,14-17H2,1-5H3,(H,26,29). The third-order valence-electron chi connectivity index (χ3n) is 4.94. The Bertz CT molecular complexity index is 816. The highest BCUT2D eigenvalue weighted by Gasteiger charge is 2.26. The summed E-state index contributed by atoms with van der Waals surface area (Å²) < 4.78 is 0. The normalized spacial score (nSPS) is 11.9. The SMILES string of the molecule is Cc1ccc(CSCC(=O)N(Cc2ccc(C)cc2)C(C)C(=O)NCC(C)C)cc1. The first-order valence-electron chi connectivity index (χ1n) is 10.5. The number of rotatable bonds is 10. The van der Waals surface area contributed by atoms with Crippen LogP contribution in [-0.2, 0) is 21.9 Å². The van der Waals surface area contributed by atoms with E-state index in [1.54, 1.807) is 16.7 Å². The van der Waals surface area contributed by atoms with Gasteiger partial charge < -0.3 is 10.2 Å². The molecule has 30 heavy (non-hydrogen) atoms. The molecule has 2 aromatic rings. The first-order chi connectivity index (χ1) is 14.3. The van der Waals surface area contributed by atoms with Crippen molar-refractivity contribution in [3.05, 3.63) is 70.8 Å². The quantitative estimate of drug-likeness (QED) is 0.598. The van der Waals surface area contributed by atoms with Crippen molar-refractivity contribution in [2.75, 3.05) is 12.3 Å².